The van der Waals surface area contributed by atoms with Gasteiger partial charge in [0.1, 0.15) is 5.60 Å². The summed E-state index contributed by atoms with van der Waals surface area (Å²) >= 11 is 0. The van der Waals surface area contributed by atoms with E-state index in [1.54, 1.807) is 17.7 Å². The van der Waals surface area contributed by atoms with Crippen molar-refractivity contribution >= 4 is 5.65 Å². The van der Waals surface area contributed by atoms with Crippen molar-refractivity contribution in [1.29, 1.82) is 0 Å². The van der Waals surface area contributed by atoms with Crippen LogP contribution in [0.2, 0.25) is 0 Å². The molecule has 1 atom stereocenters. The first-order valence-electron chi connectivity index (χ1n) is 8.46. The van der Waals surface area contributed by atoms with Gasteiger partial charge in [-0.3, -0.25) is 0 Å². The van der Waals surface area contributed by atoms with E-state index in [1.165, 1.54) is 0 Å². The molecule has 4 rings (SSSR count). The number of hydrogen-bond donors (Lipinski definition) is 1. The van der Waals surface area contributed by atoms with Crippen LogP contribution in [0, 0.1) is 0 Å². The molecule has 0 saturated carbocycles. The van der Waals surface area contributed by atoms with E-state index < -0.39 is 5.60 Å². The molecule has 4 heterocycles. The summed E-state index contributed by atoms with van der Waals surface area (Å²) in [5, 5.41) is 23.5. The molecule has 8 nitrogen and oxygen atoms in total. The molecule has 0 bridgehead atoms. The lowest BCUT2D eigenvalue weighted by atomic mass is 9.94. The minimum Gasteiger partial charge on any atom is -0.480 e. The SMILES string of the molecule is COc1ccc2nnc(C3CCN(CC4(O)CCOC4)CC3)n2n1. The van der Waals surface area contributed by atoms with Gasteiger partial charge in [0.25, 0.3) is 0 Å². The third-order valence-electron chi connectivity index (χ3n) is 5.02. The largest absolute Gasteiger partial charge is 0.480 e. The highest BCUT2D eigenvalue weighted by molar-refractivity contribution is 5.38. The Kier molecular flexibility index (Phi) is 4.11. The minimum absolute atomic E-state index is 0.324. The van der Waals surface area contributed by atoms with Crippen molar-refractivity contribution in [2.24, 2.45) is 0 Å². The van der Waals surface area contributed by atoms with Crippen LogP contribution in [0.15, 0.2) is 12.1 Å². The third-order valence-corrected chi connectivity index (χ3v) is 5.02. The standard InChI is InChI=1S/C16H23N5O3/c1-23-14-3-2-13-17-18-15(21(13)19-14)12-4-7-20(8-5-12)10-16(22)6-9-24-11-16/h2-3,12,22H,4-11H2,1H3. The number of rotatable bonds is 4. The Bertz CT molecular complexity index is 705. The lowest BCUT2D eigenvalue weighted by Gasteiger charge is -2.35. The molecule has 2 aliphatic rings. The average molecular weight is 333 g/mol. The lowest BCUT2D eigenvalue weighted by molar-refractivity contribution is -0.00987. The molecule has 2 saturated heterocycles. The first-order valence-corrected chi connectivity index (χ1v) is 8.46. The zero-order valence-electron chi connectivity index (χ0n) is 13.9. The topological polar surface area (TPSA) is 85.0 Å². The maximum absolute atomic E-state index is 10.5. The Labute approximate surface area is 140 Å². The number of methoxy groups -OCH3 is 1. The summed E-state index contributed by atoms with van der Waals surface area (Å²) in [5.41, 5.74) is 0.0641. The Morgan fingerprint density at radius 2 is 2.17 bits per heavy atom. The van der Waals surface area contributed by atoms with Crippen molar-refractivity contribution in [2.75, 3.05) is 40.0 Å². The normalized spacial score (nSPS) is 26.2. The van der Waals surface area contributed by atoms with Crippen LogP contribution < -0.4 is 4.74 Å². The van der Waals surface area contributed by atoms with Crippen LogP contribution in [0.4, 0.5) is 0 Å². The zero-order valence-corrected chi connectivity index (χ0v) is 13.9. The molecule has 1 N–H and O–H groups in total. The quantitative estimate of drug-likeness (QED) is 0.870. The van der Waals surface area contributed by atoms with Gasteiger partial charge >= 0.3 is 0 Å². The van der Waals surface area contributed by atoms with Gasteiger partial charge in [-0.15, -0.1) is 15.3 Å². The molecule has 2 aromatic rings. The number of fused-ring (bicyclic) bond motifs is 1. The fraction of sp³-hybridized carbons (Fsp3) is 0.688. The summed E-state index contributed by atoms with van der Waals surface area (Å²) in [7, 11) is 1.61. The summed E-state index contributed by atoms with van der Waals surface area (Å²) in [6, 6.07) is 3.66. The van der Waals surface area contributed by atoms with Crippen molar-refractivity contribution in [3.63, 3.8) is 0 Å². The second kappa shape index (κ2) is 6.27. The predicted molar refractivity (Wildman–Crippen MR) is 86.1 cm³/mol. The number of β-amino-alcohol motifs (C(OH)–C–C–N with tert-alkyl or cyclic N) is 1. The zero-order chi connectivity index (χ0) is 16.6. The van der Waals surface area contributed by atoms with E-state index in [2.05, 4.69) is 20.2 Å². The second-order valence-electron chi connectivity index (χ2n) is 6.78. The molecule has 0 amide bonds. The predicted octanol–water partition coefficient (Wildman–Crippen LogP) is 0.464. The number of aromatic nitrogens is 4. The number of likely N-dealkylation sites (tertiary alicyclic amines) is 1. The minimum atomic E-state index is -0.677. The highest BCUT2D eigenvalue weighted by Crippen LogP contribution is 2.29. The van der Waals surface area contributed by atoms with E-state index in [1.807, 2.05) is 6.07 Å². The third kappa shape index (κ3) is 2.97. The van der Waals surface area contributed by atoms with Gasteiger partial charge < -0.3 is 19.5 Å². The Morgan fingerprint density at radius 3 is 2.88 bits per heavy atom. The average Bonchev–Trinajstić information content (AvgIpc) is 3.21. The van der Waals surface area contributed by atoms with Crippen LogP contribution in [0.1, 0.15) is 31.0 Å². The Morgan fingerprint density at radius 1 is 1.33 bits per heavy atom. The van der Waals surface area contributed by atoms with Gasteiger partial charge in [0.2, 0.25) is 5.88 Å². The second-order valence-corrected chi connectivity index (χ2v) is 6.78. The number of nitrogens with zero attached hydrogens (tertiary/aromatic N) is 5. The van der Waals surface area contributed by atoms with Crippen molar-refractivity contribution in [2.45, 2.75) is 30.8 Å². The van der Waals surface area contributed by atoms with Gasteiger partial charge in [0.05, 0.1) is 13.7 Å². The highest BCUT2D eigenvalue weighted by atomic mass is 16.5. The van der Waals surface area contributed by atoms with Crippen LogP contribution in [0.25, 0.3) is 5.65 Å². The molecule has 0 aliphatic carbocycles. The summed E-state index contributed by atoms with van der Waals surface area (Å²) in [4.78, 5) is 2.32. The highest BCUT2D eigenvalue weighted by Gasteiger charge is 2.35. The van der Waals surface area contributed by atoms with Gasteiger partial charge in [-0.1, -0.05) is 0 Å². The van der Waals surface area contributed by atoms with E-state index >= 15 is 0 Å². The first kappa shape index (κ1) is 15.7. The van der Waals surface area contributed by atoms with Crippen LogP contribution >= 0.6 is 0 Å². The molecule has 2 aliphatic heterocycles. The molecule has 0 aromatic carbocycles. The van der Waals surface area contributed by atoms with E-state index in [-0.39, 0.29) is 0 Å². The maximum Gasteiger partial charge on any atom is 0.231 e. The van der Waals surface area contributed by atoms with E-state index in [9.17, 15) is 5.11 Å². The Balaban J connectivity index is 1.44. The fourth-order valence-corrected chi connectivity index (χ4v) is 3.64. The van der Waals surface area contributed by atoms with E-state index in [4.69, 9.17) is 9.47 Å². The monoisotopic (exact) mass is 333 g/mol. The smallest absolute Gasteiger partial charge is 0.231 e. The molecule has 1 unspecified atom stereocenters. The lowest BCUT2D eigenvalue weighted by Crippen LogP contribution is -2.46. The fourth-order valence-electron chi connectivity index (χ4n) is 3.64. The van der Waals surface area contributed by atoms with Gasteiger partial charge in [-0.25, -0.2) is 0 Å². The van der Waals surface area contributed by atoms with E-state index in [0.29, 0.717) is 31.6 Å². The van der Waals surface area contributed by atoms with Crippen molar-refractivity contribution in [1.82, 2.24) is 24.7 Å². The molecule has 130 valence electrons. The molecular weight excluding hydrogens is 310 g/mol. The summed E-state index contributed by atoms with van der Waals surface area (Å²) in [6.07, 6.45) is 2.69. The Hall–Kier alpha value is -1.77. The molecule has 0 radical (unpaired) electrons. The van der Waals surface area contributed by atoms with Crippen molar-refractivity contribution in [3.05, 3.63) is 18.0 Å². The number of aliphatic hydroxyl groups is 1. The maximum atomic E-state index is 10.5. The first-order chi connectivity index (χ1) is 11.7. The summed E-state index contributed by atoms with van der Waals surface area (Å²) < 4.78 is 12.3. The molecule has 0 spiro atoms. The number of ether oxygens (including phenoxy) is 2. The molecule has 24 heavy (non-hydrogen) atoms. The van der Waals surface area contributed by atoms with Crippen LogP contribution in [-0.4, -0.2) is 75.4 Å². The van der Waals surface area contributed by atoms with Crippen molar-refractivity contribution in [3.8, 4) is 5.88 Å². The summed E-state index contributed by atoms with van der Waals surface area (Å²) in [6.45, 7) is 3.67. The summed E-state index contributed by atoms with van der Waals surface area (Å²) in [5.74, 6) is 1.78. The molecule has 2 aromatic heterocycles. The van der Waals surface area contributed by atoms with E-state index in [0.717, 1.165) is 43.8 Å². The van der Waals surface area contributed by atoms with Crippen LogP contribution in [0.5, 0.6) is 5.88 Å². The number of hydrogen-bond acceptors (Lipinski definition) is 7. The van der Waals surface area contributed by atoms with Gasteiger partial charge in [-0.2, -0.15) is 4.52 Å². The van der Waals surface area contributed by atoms with Gasteiger partial charge in [0, 0.05) is 31.6 Å². The van der Waals surface area contributed by atoms with Gasteiger partial charge in [-0.05, 0) is 32.0 Å². The van der Waals surface area contributed by atoms with Gasteiger partial charge in [0.15, 0.2) is 11.5 Å². The molecule has 8 heteroatoms. The number of piperidine rings is 1. The molecule has 2 fully saturated rings. The van der Waals surface area contributed by atoms with Crippen molar-refractivity contribution < 1.29 is 14.6 Å². The van der Waals surface area contributed by atoms with Crippen LogP contribution in [0.3, 0.4) is 0 Å². The molecular formula is C16H23N5O3. The van der Waals surface area contributed by atoms with Crippen LogP contribution in [-0.2, 0) is 4.74 Å².